The zero-order valence-electron chi connectivity index (χ0n) is 11.3. The Hall–Kier alpha value is -1.46. The minimum absolute atomic E-state index is 0.0716. The van der Waals surface area contributed by atoms with Gasteiger partial charge in [-0.2, -0.15) is 0 Å². The van der Waals surface area contributed by atoms with E-state index in [4.69, 9.17) is 4.74 Å². The summed E-state index contributed by atoms with van der Waals surface area (Å²) in [5.74, 6) is -1.22. The first-order valence-electron chi connectivity index (χ1n) is 6.61. The van der Waals surface area contributed by atoms with Crippen LogP contribution in [0.2, 0.25) is 0 Å². The molecule has 0 saturated carbocycles. The number of likely N-dealkylation sites (N-methyl/N-ethyl adjacent to an activating group) is 1. The van der Waals surface area contributed by atoms with Crippen LogP contribution in [-0.4, -0.2) is 46.8 Å². The third-order valence-electron chi connectivity index (χ3n) is 3.82. The summed E-state index contributed by atoms with van der Waals surface area (Å²) in [7, 11) is 0. The van der Waals surface area contributed by atoms with Gasteiger partial charge in [0.25, 0.3) is 0 Å². The lowest BCUT2D eigenvalue weighted by Gasteiger charge is -2.34. The number of ether oxygens (including phenoxy) is 1. The number of carboxylic acid groups (broad SMARTS) is 1. The Kier molecular flexibility index (Phi) is 4.50. The molecular weight excluding hydrogens is 244 g/mol. The maximum absolute atomic E-state index is 11.3. The van der Waals surface area contributed by atoms with Crippen molar-refractivity contribution in [3.05, 3.63) is 30.1 Å². The number of hydrogen-bond acceptors (Lipinski definition) is 4. The molecule has 0 aromatic carbocycles. The highest BCUT2D eigenvalue weighted by Crippen LogP contribution is 2.28. The highest BCUT2D eigenvalue weighted by molar-refractivity contribution is 5.71. The molecule has 1 aliphatic rings. The molecule has 1 aromatic heterocycles. The Morgan fingerprint density at radius 3 is 3.00 bits per heavy atom. The molecular formula is C14H20N2O3. The van der Waals surface area contributed by atoms with Gasteiger partial charge in [0.05, 0.1) is 19.1 Å². The van der Waals surface area contributed by atoms with E-state index in [1.165, 1.54) is 0 Å². The summed E-state index contributed by atoms with van der Waals surface area (Å²) in [4.78, 5) is 17.6. The Balaban J connectivity index is 2.17. The van der Waals surface area contributed by atoms with Gasteiger partial charge in [-0.15, -0.1) is 0 Å². The molecule has 0 radical (unpaired) electrons. The zero-order chi connectivity index (χ0) is 13.8. The lowest BCUT2D eigenvalue weighted by Crippen LogP contribution is -2.44. The van der Waals surface area contributed by atoms with E-state index in [0.29, 0.717) is 13.2 Å². The predicted octanol–water partition coefficient (Wildman–Crippen LogP) is 1.56. The average Bonchev–Trinajstić information content (AvgIpc) is 2.90. The first-order valence-corrected chi connectivity index (χ1v) is 6.61. The minimum Gasteiger partial charge on any atom is -0.481 e. The van der Waals surface area contributed by atoms with Crippen molar-refractivity contribution < 1.29 is 14.6 Å². The van der Waals surface area contributed by atoms with Crippen molar-refractivity contribution in [2.24, 2.45) is 5.92 Å². The van der Waals surface area contributed by atoms with Gasteiger partial charge in [0.15, 0.2) is 0 Å². The molecule has 2 rings (SSSR count). The van der Waals surface area contributed by atoms with Crippen LogP contribution in [0.25, 0.3) is 0 Å². The van der Waals surface area contributed by atoms with Crippen LogP contribution in [0, 0.1) is 5.92 Å². The summed E-state index contributed by atoms with van der Waals surface area (Å²) in [5.41, 5.74) is 1.10. The van der Waals surface area contributed by atoms with E-state index in [9.17, 15) is 9.90 Å². The van der Waals surface area contributed by atoms with Crippen molar-refractivity contribution in [1.29, 1.82) is 0 Å². The number of carboxylic acids is 1. The normalized spacial score (nSPS) is 24.6. The summed E-state index contributed by atoms with van der Waals surface area (Å²) in [6.45, 7) is 5.70. The molecule has 1 fully saturated rings. The van der Waals surface area contributed by atoms with Crippen molar-refractivity contribution in [1.82, 2.24) is 9.88 Å². The second-order valence-corrected chi connectivity index (χ2v) is 4.84. The Morgan fingerprint density at radius 1 is 1.63 bits per heavy atom. The monoisotopic (exact) mass is 264 g/mol. The fourth-order valence-electron chi connectivity index (χ4n) is 2.72. The molecule has 1 aliphatic heterocycles. The molecule has 1 N–H and O–H groups in total. The van der Waals surface area contributed by atoms with Crippen molar-refractivity contribution in [3.8, 4) is 0 Å². The summed E-state index contributed by atoms with van der Waals surface area (Å²) in [5, 5.41) is 9.26. The largest absolute Gasteiger partial charge is 0.481 e. The number of hydrogen-bond donors (Lipinski definition) is 1. The molecule has 0 bridgehead atoms. The predicted molar refractivity (Wildman–Crippen MR) is 70.8 cm³/mol. The minimum atomic E-state index is -0.778. The smallest absolute Gasteiger partial charge is 0.310 e. The maximum atomic E-state index is 11.3. The van der Waals surface area contributed by atoms with Gasteiger partial charge in [0.2, 0.25) is 0 Å². The Labute approximate surface area is 113 Å². The first kappa shape index (κ1) is 14.0. The van der Waals surface area contributed by atoms with E-state index < -0.39 is 11.9 Å². The van der Waals surface area contributed by atoms with Crippen molar-refractivity contribution in [2.45, 2.75) is 25.9 Å². The maximum Gasteiger partial charge on any atom is 0.310 e. The average molecular weight is 264 g/mol. The third-order valence-corrected chi connectivity index (χ3v) is 3.82. The molecule has 3 unspecified atom stereocenters. The van der Waals surface area contributed by atoms with Gasteiger partial charge in [-0.3, -0.25) is 14.7 Å². The molecule has 5 nitrogen and oxygen atoms in total. The molecule has 0 amide bonds. The van der Waals surface area contributed by atoms with Crippen LogP contribution in [0.15, 0.2) is 24.5 Å². The molecule has 1 saturated heterocycles. The summed E-state index contributed by atoms with van der Waals surface area (Å²) in [6, 6.07) is 3.98. The fourth-order valence-corrected chi connectivity index (χ4v) is 2.72. The van der Waals surface area contributed by atoms with Crippen LogP contribution in [0.4, 0.5) is 0 Å². The molecule has 104 valence electrons. The zero-order valence-corrected chi connectivity index (χ0v) is 11.3. The van der Waals surface area contributed by atoms with E-state index in [1.54, 1.807) is 6.20 Å². The van der Waals surface area contributed by atoms with Crippen LogP contribution in [-0.2, 0) is 9.53 Å². The van der Waals surface area contributed by atoms with Gasteiger partial charge in [0.1, 0.15) is 0 Å². The molecule has 3 atom stereocenters. The van der Waals surface area contributed by atoms with Crippen LogP contribution in [0.1, 0.15) is 25.5 Å². The highest BCUT2D eigenvalue weighted by Gasteiger charge is 2.39. The van der Waals surface area contributed by atoms with Gasteiger partial charge in [-0.1, -0.05) is 13.0 Å². The van der Waals surface area contributed by atoms with E-state index in [1.807, 2.05) is 25.3 Å². The van der Waals surface area contributed by atoms with Gasteiger partial charge in [-0.05, 0) is 25.1 Å². The summed E-state index contributed by atoms with van der Waals surface area (Å²) in [6.07, 6.45) is 3.57. The number of nitrogens with zero attached hydrogens (tertiary/aromatic N) is 2. The topological polar surface area (TPSA) is 62.7 Å². The van der Waals surface area contributed by atoms with E-state index in [-0.39, 0.29) is 12.1 Å². The Bertz CT molecular complexity index is 424. The van der Waals surface area contributed by atoms with Crippen LogP contribution in [0.5, 0.6) is 0 Å². The first-order chi connectivity index (χ1) is 9.15. The second-order valence-electron chi connectivity index (χ2n) is 4.84. The van der Waals surface area contributed by atoms with Crippen molar-refractivity contribution in [3.63, 3.8) is 0 Å². The molecule has 0 spiro atoms. The van der Waals surface area contributed by atoms with Gasteiger partial charge in [0, 0.05) is 24.5 Å². The molecule has 1 aromatic rings. The lowest BCUT2D eigenvalue weighted by molar-refractivity contribution is -0.143. The standard InChI is InChI=1S/C14H20N2O3/c1-3-16(10(2)11-5-4-6-15-7-11)13-9-19-8-12(13)14(17)18/h4-7,10,12-13H,3,8-9H2,1-2H3,(H,17,18). The Morgan fingerprint density at radius 2 is 2.42 bits per heavy atom. The SMILES string of the molecule is CCN(C(C)c1cccnc1)C1COCC1C(=O)O. The number of pyridine rings is 1. The lowest BCUT2D eigenvalue weighted by atomic mass is 9.99. The number of aliphatic carboxylic acids is 1. The molecule has 0 aliphatic carbocycles. The molecule has 19 heavy (non-hydrogen) atoms. The van der Waals surface area contributed by atoms with E-state index >= 15 is 0 Å². The quantitative estimate of drug-likeness (QED) is 0.874. The van der Waals surface area contributed by atoms with Gasteiger partial charge in [-0.25, -0.2) is 0 Å². The summed E-state index contributed by atoms with van der Waals surface area (Å²) < 4.78 is 5.36. The second kappa shape index (κ2) is 6.12. The fraction of sp³-hybridized carbons (Fsp3) is 0.571. The van der Waals surface area contributed by atoms with Crippen molar-refractivity contribution in [2.75, 3.05) is 19.8 Å². The number of carbonyl (C=O) groups is 1. The van der Waals surface area contributed by atoms with Gasteiger partial charge >= 0.3 is 5.97 Å². The molecule has 5 heteroatoms. The van der Waals surface area contributed by atoms with Crippen LogP contribution >= 0.6 is 0 Å². The molecule has 2 heterocycles. The number of rotatable bonds is 5. The van der Waals surface area contributed by atoms with Crippen LogP contribution < -0.4 is 0 Å². The number of aromatic nitrogens is 1. The van der Waals surface area contributed by atoms with Crippen LogP contribution in [0.3, 0.4) is 0 Å². The summed E-state index contributed by atoms with van der Waals surface area (Å²) >= 11 is 0. The van der Waals surface area contributed by atoms with Crippen molar-refractivity contribution >= 4 is 5.97 Å². The van der Waals surface area contributed by atoms with E-state index in [2.05, 4.69) is 16.8 Å². The van der Waals surface area contributed by atoms with Gasteiger partial charge < -0.3 is 9.84 Å². The highest BCUT2D eigenvalue weighted by atomic mass is 16.5. The third kappa shape index (κ3) is 2.93. The van der Waals surface area contributed by atoms with E-state index in [0.717, 1.165) is 12.1 Å².